The van der Waals surface area contributed by atoms with Crippen LogP contribution in [0.5, 0.6) is 11.5 Å². The quantitative estimate of drug-likeness (QED) is 0.694. The van der Waals surface area contributed by atoms with Crippen molar-refractivity contribution in [1.82, 2.24) is 10.2 Å². The highest BCUT2D eigenvalue weighted by atomic mass is 16.5. The number of hydrogen-bond donors (Lipinski definition) is 1. The van der Waals surface area contributed by atoms with E-state index in [1.165, 1.54) is 5.56 Å². The van der Waals surface area contributed by atoms with Gasteiger partial charge in [-0.1, -0.05) is 13.0 Å². The van der Waals surface area contributed by atoms with Crippen LogP contribution in [0, 0.1) is 0 Å². The molecule has 0 aliphatic heterocycles. The van der Waals surface area contributed by atoms with E-state index in [-0.39, 0.29) is 0 Å². The molecule has 0 heterocycles. The zero-order valence-corrected chi connectivity index (χ0v) is 12.5. The van der Waals surface area contributed by atoms with Crippen molar-refractivity contribution in [2.24, 2.45) is 0 Å². The van der Waals surface area contributed by atoms with Gasteiger partial charge in [0.1, 0.15) is 0 Å². The lowest BCUT2D eigenvalue weighted by Crippen LogP contribution is -2.28. The van der Waals surface area contributed by atoms with Crippen LogP contribution >= 0.6 is 0 Å². The number of nitrogens with zero attached hydrogens (tertiary/aromatic N) is 1. The van der Waals surface area contributed by atoms with Crippen molar-refractivity contribution in [2.75, 3.05) is 40.4 Å². The molecule has 0 radical (unpaired) electrons. The minimum atomic E-state index is 0.650. The molecule has 1 aromatic rings. The van der Waals surface area contributed by atoms with Crippen LogP contribution in [0.4, 0.5) is 0 Å². The lowest BCUT2D eigenvalue weighted by atomic mass is 10.2. The van der Waals surface area contributed by atoms with Crippen LogP contribution in [0.15, 0.2) is 18.2 Å². The normalized spacial score (nSPS) is 10.8. The van der Waals surface area contributed by atoms with E-state index in [1.54, 1.807) is 7.11 Å². The fourth-order valence-corrected chi connectivity index (χ4v) is 1.76. The predicted molar refractivity (Wildman–Crippen MR) is 79.0 cm³/mol. The van der Waals surface area contributed by atoms with Gasteiger partial charge < -0.3 is 19.7 Å². The van der Waals surface area contributed by atoms with E-state index >= 15 is 0 Å². The summed E-state index contributed by atoms with van der Waals surface area (Å²) >= 11 is 0. The Morgan fingerprint density at radius 2 is 2.00 bits per heavy atom. The molecule has 0 bridgehead atoms. The Morgan fingerprint density at radius 3 is 2.63 bits per heavy atom. The molecule has 19 heavy (non-hydrogen) atoms. The molecule has 1 rings (SSSR count). The topological polar surface area (TPSA) is 33.7 Å². The summed E-state index contributed by atoms with van der Waals surface area (Å²) < 4.78 is 10.8. The average molecular weight is 266 g/mol. The Morgan fingerprint density at radius 1 is 1.21 bits per heavy atom. The lowest BCUT2D eigenvalue weighted by Gasteiger charge is -2.14. The maximum atomic E-state index is 5.50. The molecule has 0 atom stereocenters. The van der Waals surface area contributed by atoms with Gasteiger partial charge in [-0.25, -0.2) is 0 Å². The molecule has 1 N–H and O–H groups in total. The summed E-state index contributed by atoms with van der Waals surface area (Å²) in [6.45, 7) is 8.76. The molecule has 4 nitrogen and oxygen atoms in total. The van der Waals surface area contributed by atoms with Crippen LogP contribution in [-0.4, -0.2) is 45.3 Å². The predicted octanol–water partition coefficient (Wildman–Crippen LogP) is 2.14. The van der Waals surface area contributed by atoms with Crippen molar-refractivity contribution in [3.05, 3.63) is 23.8 Å². The van der Waals surface area contributed by atoms with Gasteiger partial charge in [0.15, 0.2) is 11.5 Å². The van der Waals surface area contributed by atoms with Crippen LogP contribution in [0.1, 0.15) is 19.4 Å². The molecule has 0 aliphatic rings. The van der Waals surface area contributed by atoms with E-state index < -0.39 is 0 Å². The van der Waals surface area contributed by atoms with E-state index in [2.05, 4.69) is 30.3 Å². The Balaban J connectivity index is 2.46. The van der Waals surface area contributed by atoms with Gasteiger partial charge in [0.2, 0.25) is 0 Å². The molecule has 0 spiro atoms. The number of likely N-dealkylation sites (N-methyl/N-ethyl adjacent to an activating group) is 1. The van der Waals surface area contributed by atoms with Crippen molar-refractivity contribution >= 4 is 0 Å². The van der Waals surface area contributed by atoms with Crippen LogP contribution < -0.4 is 14.8 Å². The fraction of sp³-hybridized carbons (Fsp3) is 0.600. The van der Waals surface area contributed by atoms with Crippen molar-refractivity contribution in [1.29, 1.82) is 0 Å². The first-order valence-corrected chi connectivity index (χ1v) is 6.90. The fourth-order valence-electron chi connectivity index (χ4n) is 1.76. The highest BCUT2D eigenvalue weighted by molar-refractivity contribution is 5.42. The highest BCUT2D eigenvalue weighted by Gasteiger charge is 2.05. The molecule has 1 aromatic carbocycles. The van der Waals surface area contributed by atoms with E-state index in [9.17, 15) is 0 Å². The number of rotatable bonds is 9. The van der Waals surface area contributed by atoms with Crippen molar-refractivity contribution in [2.45, 2.75) is 20.4 Å². The Kier molecular flexibility index (Phi) is 7.30. The summed E-state index contributed by atoms with van der Waals surface area (Å²) in [5.74, 6) is 1.60. The SMILES string of the molecule is CCOc1ccc(CNCCN(C)CC)cc1OC. The standard InChI is InChI=1S/C15H26N2O2/c1-5-17(3)10-9-16-12-13-7-8-14(19-6-2)15(11-13)18-4/h7-8,11,16H,5-6,9-10,12H2,1-4H3. The van der Waals surface area contributed by atoms with Gasteiger partial charge in [-0.3, -0.25) is 0 Å². The number of nitrogens with one attached hydrogen (secondary N) is 1. The summed E-state index contributed by atoms with van der Waals surface area (Å²) in [5.41, 5.74) is 1.21. The van der Waals surface area contributed by atoms with Crippen LogP contribution in [-0.2, 0) is 6.54 Å². The molecular formula is C15H26N2O2. The summed E-state index contributed by atoms with van der Waals surface area (Å²) in [5, 5.41) is 3.43. The van der Waals surface area contributed by atoms with E-state index in [0.29, 0.717) is 6.61 Å². The molecule has 0 fully saturated rings. The third kappa shape index (κ3) is 5.49. The molecule has 0 aliphatic carbocycles. The second-order valence-corrected chi connectivity index (χ2v) is 4.49. The molecule has 0 saturated heterocycles. The summed E-state index contributed by atoms with van der Waals surface area (Å²) in [7, 11) is 3.80. The molecular weight excluding hydrogens is 240 g/mol. The second-order valence-electron chi connectivity index (χ2n) is 4.49. The van der Waals surface area contributed by atoms with Crippen LogP contribution in [0.25, 0.3) is 0 Å². The molecule has 0 unspecified atom stereocenters. The Labute approximate surface area is 116 Å². The van der Waals surface area contributed by atoms with E-state index in [1.807, 2.05) is 19.1 Å². The second kappa shape index (κ2) is 8.77. The highest BCUT2D eigenvalue weighted by Crippen LogP contribution is 2.27. The first-order valence-electron chi connectivity index (χ1n) is 6.90. The van der Waals surface area contributed by atoms with E-state index in [0.717, 1.165) is 37.7 Å². The molecule has 4 heteroatoms. The number of methoxy groups -OCH3 is 1. The summed E-state index contributed by atoms with van der Waals surface area (Å²) in [4.78, 5) is 2.28. The maximum Gasteiger partial charge on any atom is 0.161 e. The van der Waals surface area contributed by atoms with E-state index in [4.69, 9.17) is 9.47 Å². The first-order chi connectivity index (χ1) is 9.21. The van der Waals surface area contributed by atoms with Gasteiger partial charge in [0.05, 0.1) is 13.7 Å². The molecule has 0 amide bonds. The van der Waals surface area contributed by atoms with Crippen molar-refractivity contribution < 1.29 is 9.47 Å². The molecule has 108 valence electrons. The minimum absolute atomic E-state index is 0.650. The molecule has 0 saturated carbocycles. The minimum Gasteiger partial charge on any atom is -0.493 e. The largest absolute Gasteiger partial charge is 0.493 e. The number of hydrogen-bond acceptors (Lipinski definition) is 4. The van der Waals surface area contributed by atoms with Gasteiger partial charge in [0.25, 0.3) is 0 Å². The van der Waals surface area contributed by atoms with Crippen LogP contribution in [0.2, 0.25) is 0 Å². The number of benzene rings is 1. The van der Waals surface area contributed by atoms with Crippen LogP contribution in [0.3, 0.4) is 0 Å². The van der Waals surface area contributed by atoms with Gasteiger partial charge in [-0.2, -0.15) is 0 Å². The van der Waals surface area contributed by atoms with Crippen molar-refractivity contribution in [3.8, 4) is 11.5 Å². The number of ether oxygens (including phenoxy) is 2. The lowest BCUT2D eigenvalue weighted by molar-refractivity contribution is 0.310. The van der Waals surface area contributed by atoms with Gasteiger partial charge >= 0.3 is 0 Å². The summed E-state index contributed by atoms with van der Waals surface area (Å²) in [6.07, 6.45) is 0. The Bertz CT molecular complexity index is 369. The average Bonchev–Trinajstić information content (AvgIpc) is 2.44. The monoisotopic (exact) mass is 266 g/mol. The van der Waals surface area contributed by atoms with Gasteiger partial charge in [0, 0.05) is 19.6 Å². The smallest absolute Gasteiger partial charge is 0.161 e. The Hall–Kier alpha value is -1.26. The van der Waals surface area contributed by atoms with Gasteiger partial charge in [-0.15, -0.1) is 0 Å². The maximum absolute atomic E-state index is 5.50. The first kappa shape index (κ1) is 15.8. The third-order valence-electron chi connectivity index (χ3n) is 3.07. The van der Waals surface area contributed by atoms with Crippen molar-refractivity contribution in [3.63, 3.8) is 0 Å². The third-order valence-corrected chi connectivity index (χ3v) is 3.07. The molecule has 0 aromatic heterocycles. The van der Waals surface area contributed by atoms with Gasteiger partial charge in [-0.05, 0) is 38.2 Å². The zero-order valence-electron chi connectivity index (χ0n) is 12.5. The summed E-state index contributed by atoms with van der Waals surface area (Å²) in [6, 6.07) is 6.07. The zero-order chi connectivity index (χ0) is 14.1.